The second kappa shape index (κ2) is 13.3. The normalized spacial score (nSPS) is 19.0. The van der Waals surface area contributed by atoms with E-state index in [1.807, 2.05) is 33.8 Å². The van der Waals surface area contributed by atoms with Crippen molar-refractivity contribution in [1.29, 1.82) is 0 Å². The predicted molar refractivity (Wildman–Crippen MR) is 179 cm³/mol. The number of carbonyl (C=O) groups is 2. The van der Waals surface area contributed by atoms with Crippen molar-refractivity contribution < 1.29 is 32.2 Å². The van der Waals surface area contributed by atoms with Crippen LogP contribution in [0.15, 0.2) is 34.6 Å². The molecule has 0 radical (unpaired) electrons. The molecule has 0 saturated carbocycles. The number of halogens is 4. The second-order valence-electron chi connectivity index (χ2n) is 13.9. The van der Waals surface area contributed by atoms with Crippen molar-refractivity contribution in [3.63, 3.8) is 0 Å². The number of anilines is 1. The number of aromatic nitrogens is 4. The fourth-order valence-electron chi connectivity index (χ4n) is 6.07. The Balaban J connectivity index is 1.59. The molecule has 2 amide bonds. The molecule has 0 spiro atoms. The van der Waals surface area contributed by atoms with Gasteiger partial charge in [-0.1, -0.05) is 24.6 Å². The highest BCUT2D eigenvalue weighted by molar-refractivity contribution is 6.33. The Labute approximate surface area is 286 Å². The summed E-state index contributed by atoms with van der Waals surface area (Å²) in [5.41, 5.74) is -0.340. The number of likely N-dealkylation sites (tertiary alicyclic amines) is 1. The molecule has 1 aromatic carbocycles. The molecular formula is C34H40ClF3N6O5. The van der Waals surface area contributed by atoms with E-state index in [9.17, 15) is 27.6 Å². The van der Waals surface area contributed by atoms with Crippen LogP contribution < -0.4 is 10.9 Å². The minimum atomic E-state index is -4.60. The van der Waals surface area contributed by atoms with Gasteiger partial charge in [-0.05, 0) is 89.8 Å². The summed E-state index contributed by atoms with van der Waals surface area (Å²) in [5.74, 6) is -0.172. The van der Waals surface area contributed by atoms with Crippen LogP contribution in [-0.4, -0.2) is 66.5 Å². The van der Waals surface area contributed by atoms with Crippen LogP contribution in [0, 0.1) is 0 Å². The summed E-state index contributed by atoms with van der Waals surface area (Å²) in [6.45, 7) is 13.2. The maximum atomic E-state index is 14.2. The highest BCUT2D eigenvalue weighted by Gasteiger charge is 2.40. The van der Waals surface area contributed by atoms with E-state index < -0.39 is 40.4 Å². The fraction of sp³-hybridized carbons (Fsp3) is 0.500. The van der Waals surface area contributed by atoms with E-state index in [2.05, 4.69) is 10.4 Å². The van der Waals surface area contributed by atoms with Gasteiger partial charge in [0.15, 0.2) is 5.82 Å². The number of nitrogens with zero attached hydrogens (tertiary/aromatic N) is 5. The average Bonchev–Trinajstić information content (AvgIpc) is 3.56. The third-order valence-corrected chi connectivity index (χ3v) is 8.63. The standard InChI is InChI=1S/C34H40ClF3N6O5/c1-8-26-23(14-20-16-33(6,7)43(17-20)31(47)49-32(3,4)5)29(46)44-30(40-28(41-44)21-11-12-48-19(2)13-21)42(26)18-27(45)39-25-10-9-22(15-24(25)35)34(36,37)38/h9-11,14-15,19H,8,12-13,16-18H2,1-7H3,(H,39,45)/b20-14-. The maximum absolute atomic E-state index is 14.2. The van der Waals surface area contributed by atoms with E-state index in [0.717, 1.165) is 33.9 Å². The van der Waals surface area contributed by atoms with Gasteiger partial charge in [-0.3, -0.25) is 14.5 Å². The van der Waals surface area contributed by atoms with Crippen molar-refractivity contribution in [2.75, 3.05) is 18.5 Å². The zero-order chi connectivity index (χ0) is 36.1. The number of nitrogens with one attached hydrogen (secondary N) is 1. The third-order valence-electron chi connectivity index (χ3n) is 8.32. The Morgan fingerprint density at radius 1 is 1.22 bits per heavy atom. The van der Waals surface area contributed by atoms with Crippen molar-refractivity contribution in [3.05, 3.63) is 67.9 Å². The lowest BCUT2D eigenvalue weighted by atomic mass is 9.98. The summed E-state index contributed by atoms with van der Waals surface area (Å²) in [4.78, 5) is 47.1. The number of alkyl halides is 3. The maximum Gasteiger partial charge on any atom is 0.416 e. The van der Waals surface area contributed by atoms with Crippen LogP contribution >= 0.6 is 11.6 Å². The molecule has 11 nitrogen and oxygen atoms in total. The van der Waals surface area contributed by atoms with E-state index in [1.54, 1.807) is 36.3 Å². The lowest BCUT2D eigenvalue weighted by Gasteiger charge is -2.33. The molecule has 3 aromatic rings. The highest BCUT2D eigenvalue weighted by atomic mass is 35.5. The Hall–Kier alpha value is -4.17. The molecular weight excluding hydrogens is 665 g/mol. The van der Waals surface area contributed by atoms with E-state index in [0.29, 0.717) is 37.4 Å². The van der Waals surface area contributed by atoms with Crippen LogP contribution in [0.3, 0.4) is 0 Å². The Bertz CT molecular complexity index is 1920. The summed E-state index contributed by atoms with van der Waals surface area (Å²) in [5, 5.41) is 6.88. The molecule has 0 bridgehead atoms. The van der Waals surface area contributed by atoms with Crippen molar-refractivity contribution in [3.8, 4) is 0 Å². The van der Waals surface area contributed by atoms with Crippen molar-refractivity contribution in [2.24, 2.45) is 0 Å². The topological polar surface area (TPSA) is 120 Å². The van der Waals surface area contributed by atoms with Gasteiger partial charge in [-0.15, -0.1) is 5.10 Å². The lowest BCUT2D eigenvalue weighted by molar-refractivity contribution is -0.137. The number of amides is 2. The first kappa shape index (κ1) is 36.1. The van der Waals surface area contributed by atoms with Gasteiger partial charge in [-0.2, -0.15) is 22.7 Å². The van der Waals surface area contributed by atoms with Crippen LogP contribution in [0.1, 0.15) is 84.0 Å². The molecule has 49 heavy (non-hydrogen) atoms. The highest BCUT2D eigenvalue weighted by Crippen LogP contribution is 2.36. The zero-order valence-corrected chi connectivity index (χ0v) is 29.3. The first-order chi connectivity index (χ1) is 22.8. The molecule has 1 N–H and O–H groups in total. The Morgan fingerprint density at radius 3 is 2.55 bits per heavy atom. The van der Waals surface area contributed by atoms with Gasteiger partial charge >= 0.3 is 12.3 Å². The van der Waals surface area contributed by atoms with Crippen LogP contribution in [0.5, 0.6) is 0 Å². The van der Waals surface area contributed by atoms with Gasteiger partial charge in [0.25, 0.3) is 5.56 Å². The molecule has 4 heterocycles. The van der Waals surface area contributed by atoms with E-state index in [1.165, 1.54) is 0 Å². The van der Waals surface area contributed by atoms with Crippen LogP contribution in [0.2, 0.25) is 5.02 Å². The van der Waals surface area contributed by atoms with Crippen LogP contribution in [0.4, 0.5) is 23.7 Å². The average molecular weight is 705 g/mol. The largest absolute Gasteiger partial charge is 0.444 e. The summed E-state index contributed by atoms with van der Waals surface area (Å²) in [6.07, 6.45) is -0.274. The SMILES string of the molecule is CCc1c(/C=C2\CN(C(=O)OC(C)(C)C)C(C)(C)C2)c(=O)n2nc(C3=CCOC(C)C3)nc2n1CC(=O)Nc1ccc(C(F)(F)F)cc1Cl. The van der Waals surface area contributed by atoms with E-state index in [4.69, 9.17) is 26.1 Å². The van der Waals surface area contributed by atoms with Crippen molar-refractivity contribution in [2.45, 2.75) is 97.7 Å². The Kier molecular flexibility index (Phi) is 9.78. The van der Waals surface area contributed by atoms with E-state index in [-0.39, 0.29) is 41.2 Å². The second-order valence-corrected chi connectivity index (χ2v) is 14.3. The van der Waals surface area contributed by atoms with Gasteiger partial charge in [-0.25, -0.2) is 4.79 Å². The Morgan fingerprint density at radius 2 is 1.94 bits per heavy atom. The summed E-state index contributed by atoms with van der Waals surface area (Å²) < 4.78 is 53.6. The molecule has 0 aliphatic carbocycles. The minimum absolute atomic E-state index is 0.00366. The number of hydrogen-bond donors (Lipinski definition) is 1. The quantitative estimate of drug-likeness (QED) is 0.301. The number of ether oxygens (including phenoxy) is 2. The molecule has 5 rings (SSSR count). The number of rotatable bonds is 6. The number of carbonyl (C=O) groups excluding carboxylic acids is 2. The van der Waals surface area contributed by atoms with E-state index >= 15 is 0 Å². The predicted octanol–water partition coefficient (Wildman–Crippen LogP) is 6.76. The van der Waals surface area contributed by atoms with Gasteiger partial charge in [0.05, 0.1) is 34.5 Å². The third kappa shape index (κ3) is 7.85. The molecule has 1 saturated heterocycles. The number of fused-ring (bicyclic) bond motifs is 1. The van der Waals surface area contributed by atoms with Gasteiger partial charge in [0.2, 0.25) is 11.7 Å². The number of hydrogen-bond acceptors (Lipinski definition) is 7. The first-order valence-corrected chi connectivity index (χ1v) is 16.4. The molecule has 2 aromatic heterocycles. The van der Waals surface area contributed by atoms with Crippen LogP contribution in [-0.2, 0) is 33.4 Å². The fourth-order valence-corrected chi connectivity index (χ4v) is 6.30. The summed E-state index contributed by atoms with van der Waals surface area (Å²) >= 11 is 6.12. The number of benzene rings is 1. The minimum Gasteiger partial charge on any atom is -0.444 e. The smallest absolute Gasteiger partial charge is 0.416 e. The van der Waals surface area contributed by atoms with Crippen molar-refractivity contribution in [1.82, 2.24) is 24.1 Å². The van der Waals surface area contributed by atoms with Crippen molar-refractivity contribution >= 4 is 46.7 Å². The van der Waals surface area contributed by atoms with Gasteiger partial charge < -0.3 is 19.4 Å². The van der Waals surface area contributed by atoms with Crippen LogP contribution in [0.25, 0.3) is 17.4 Å². The molecule has 264 valence electrons. The molecule has 2 aliphatic heterocycles. The molecule has 2 aliphatic rings. The van der Waals surface area contributed by atoms with Gasteiger partial charge in [0, 0.05) is 24.2 Å². The molecule has 1 unspecified atom stereocenters. The lowest BCUT2D eigenvalue weighted by Crippen LogP contribution is -2.45. The summed E-state index contributed by atoms with van der Waals surface area (Å²) in [7, 11) is 0. The first-order valence-electron chi connectivity index (χ1n) is 16.0. The van der Waals surface area contributed by atoms with Gasteiger partial charge in [0.1, 0.15) is 12.1 Å². The molecule has 1 atom stereocenters. The molecule has 1 fully saturated rings. The zero-order valence-electron chi connectivity index (χ0n) is 28.5. The summed E-state index contributed by atoms with van der Waals surface area (Å²) in [6, 6.07) is 2.66. The monoisotopic (exact) mass is 704 g/mol. The molecule has 15 heteroatoms.